The molecule has 0 aromatic heterocycles. The molecule has 2 amide bonds. The number of carbonyl (C=O) groups excluding carboxylic acids is 2. The molecule has 0 saturated carbocycles. The van der Waals surface area contributed by atoms with E-state index >= 15 is 0 Å². The maximum Gasteiger partial charge on any atom is 0.328 e. The second kappa shape index (κ2) is 5.94. The molecule has 3 N–H and O–H groups in total. The highest BCUT2D eigenvalue weighted by atomic mass is 16.5. The Morgan fingerprint density at radius 3 is 2.31 bits per heavy atom. The van der Waals surface area contributed by atoms with Crippen molar-refractivity contribution < 1.29 is 24.2 Å². The van der Waals surface area contributed by atoms with Gasteiger partial charge in [-0.05, 0) is 20.8 Å². The van der Waals surface area contributed by atoms with Gasteiger partial charge in [-0.2, -0.15) is 0 Å². The van der Waals surface area contributed by atoms with Gasteiger partial charge < -0.3 is 20.5 Å². The number of aliphatic carboxylic acids is 1. The van der Waals surface area contributed by atoms with E-state index in [4.69, 9.17) is 5.11 Å². The number of ether oxygens (including phenoxy) is 1. The van der Waals surface area contributed by atoms with Gasteiger partial charge in [-0.3, -0.25) is 4.79 Å². The van der Waals surface area contributed by atoms with Gasteiger partial charge in [0.25, 0.3) is 0 Å². The molecule has 0 fully saturated rings. The number of urea groups is 1. The van der Waals surface area contributed by atoms with Crippen LogP contribution in [-0.2, 0) is 14.3 Å². The van der Waals surface area contributed by atoms with Gasteiger partial charge in [0.1, 0.15) is 12.1 Å². The molecule has 0 spiro atoms. The monoisotopic (exact) mass is 232 g/mol. The summed E-state index contributed by atoms with van der Waals surface area (Å²) in [5.41, 5.74) is -1.39. The summed E-state index contributed by atoms with van der Waals surface area (Å²) >= 11 is 0. The highest BCUT2D eigenvalue weighted by Gasteiger charge is 2.28. The largest absolute Gasteiger partial charge is 0.480 e. The van der Waals surface area contributed by atoms with Crippen LogP contribution in [0, 0.1) is 0 Å². The minimum absolute atomic E-state index is 0.225. The maximum absolute atomic E-state index is 11.2. The van der Waals surface area contributed by atoms with Gasteiger partial charge in [0.15, 0.2) is 0 Å². The lowest BCUT2D eigenvalue weighted by Crippen LogP contribution is -2.53. The third-order valence-corrected chi connectivity index (χ3v) is 1.66. The van der Waals surface area contributed by atoms with E-state index in [0.717, 1.165) is 0 Å². The zero-order valence-corrected chi connectivity index (χ0v) is 9.49. The van der Waals surface area contributed by atoms with Crippen molar-refractivity contribution in [2.75, 3.05) is 13.2 Å². The van der Waals surface area contributed by atoms with Crippen LogP contribution in [0.5, 0.6) is 0 Å². The molecule has 0 aliphatic heterocycles. The molecule has 0 aliphatic rings. The average Bonchev–Trinajstić information content (AvgIpc) is 2.14. The average molecular weight is 232 g/mol. The fraction of sp³-hybridized carbons (Fsp3) is 0.667. The molecule has 0 heterocycles. The van der Waals surface area contributed by atoms with Crippen molar-refractivity contribution in [2.24, 2.45) is 0 Å². The number of hydrogen-bond donors (Lipinski definition) is 3. The van der Waals surface area contributed by atoms with Crippen LogP contribution in [0.2, 0.25) is 0 Å². The van der Waals surface area contributed by atoms with E-state index in [-0.39, 0.29) is 13.2 Å². The summed E-state index contributed by atoms with van der Waals surface area (Å²) in [5.74, 6) is -1.75. The molecule has 0 aliphatic carbocycles. The second-order valence-corrected chi connectivity index (χ2v) is 3.54. The third kappa shape index (κ3) is 5.18. The Balaban J connectivity index is 4.01. The number of carboxylic acid groups (broad SMARTS) is 1. The smallest absolute Gasteiger partial charge is 0.328 e. The maximum atomic E-state index is 11.2. The zero-order valence-electron chi connectivity index (χ0n) is 9.49. The van der Waals surface area contributed by atoms with E-state index in [0.29, 0.717) is 0 Å². The summed E-state index contributed by atoms with van der Waals surface area (Å²) in [6.45, 7) is 4.24. The van der Waals surface area contributed by atoms with Crippen LogP contribution in [0.3, 0.4) is 0 Å². The van der Waals surface area contributed by atoms with Gasteiger partial charge >= 0.3 is 18.0 Å². The molecule has 0 saturated heterocycles. The van der Waals surface area contributed by atoms with Crippen LogP contribution in [0.4, 0.5) is 4.79 Å². The molecule has 0 radical (unpaired) electrons. The van der Waals surface area contributed by atoms with Crippen LogP contribution in [0.15, 0.2) is 0 Å². The number of hydrogen-bond acceptors (Lipinski definition) is 4. The Morgan fingerprint density at radius 2 is 1.88 bits per heavy atom. The van der Waals surface area contributed by atoms with Crippen molar-refractivity contribution in [1.82, 2.24) is 10.6 Å². The topological polar surface area (TPSA) is 105 Å². The number of carbonyl (C=O) groups is 3. The molecule has 16 heavy (non-hydrogen) atoms. The van der Waals surface area contributed by atoms with Gasteiger partial charge in [0, 0.05) is 0 Å². The van der Waals surface area contributed by atoms with E-state index in [9.17, 15) is 14.4 Å². The first kappa shape index (κ1) is 14.2. The van der Waals surface area contributed by atoms with Gasteiger partial charge in [-0.1, -0.05) is 0 Å². The Hall–Kier alpha value is -1.79. The molecule has 0 aromatic rings. The van der Waals surface area contributed by atoms with Crippen molar-refractivity contribution in [1.29, 1.82) is 0 Å². The first-order valence-corrected chi connectivity index (χ1v) is 4.74. The lowest BCUT2D eigenvalue weighted by Gasteiger charge is -2.20. The van der Waals surface area contributed by atoms with Crippen molar-refractivity contribution in [3.05, 3.63) is 0 Å². The number of nitrogens with one attached hydrogen (secondary N) is 2. The highest BCUT2D eigenvalue weighted by Crippen LogP contribution is 2.00. The molecule has 0 unspecified atom stereocenters. The summed E-state index contributed by atoms with van der Waals surface area (Å²) in [5, 5.41) is 13.1. The zero-order chi connectivity index (χ0) is 12.8. The van der Waals surface area contributed by atoms with Gasteiger partial charge in [0.05, 0.1) is 6.61 Å². The SMILES string of the molecule is CCOC(=O)CNC(=O)NC(C)(C)C(=O)O. The molecular weight excluding hydrogens is 216 g/mol. The van der Waals surface area contributed by atoms with E-state index < -0.39 is 23.5 Å². The number of amides is 2. The Labute approximate surface area is 93.2 Å². The van der Waals surface area contributed by atoms with Gasteiger partial charge in [-0.15, -0.1) is 0 Å². The fourth-order valence-electron chi connectivity index (χ4n) is 0.746. The van der Waals surface area contributed by atoms with E-state index in [2.05, 4.69) is 15.4 Å². The number of esters is 1. The number of rotatable bonds is 5. The van der Waals surface area contributed by atoms with Crippen LogP contribution < -0.4 is 10.6 Å². The Kier molecular flexibility index (Phi) is 5.27. The lowest BCUT2D eigenvalue weighted by molar-refractivity contribution is -0.143. The summed E-state index contributed by atoms with van der Waals surface area (Å²) in [4.78, 5) is 32.7. The molecule has 0 aromatic carbocycles. The van der Waals surface area contributed by atoms with E-state index in [1.807, 2.05) is 0 Å². The summed E-state index contributed by atoms with van der Waals surface area (Å²) in [7, 11) is 0. The molecule has 7 nitrogen and oxygen atoms in total. The standard InChI is InChI=1S/C9H16N2O5/c1-4-16-6(12)5-10-8(15)11-9(2,3)7(13)14/h4-5H2,1-3H3,(H,13,14)(H2,10,11,15). The predicted octanol–water partition coefficient (Wildman–Crippen LogP) is -0.288. The summed E-state index contributed by atoms with van der Waals surface area (Å²) < 4.78 is 4.57. The normalized spacial score (nSPS) is 10.4. The van der Waals surface area contributed by atoms with Gasteiger partial charge in [0.2, 0.25) is 0 Å². The van der Waals surface area contributed by atoms with Crippen LogP contribution in [0.1, 0.15) is 20.8 Å². The van der Waals surface area contributed by atoms with Crippen molar-refractivity contribution in [2.45, 2.75) is 26.3 Å². The van der Waals surface area contributed by atoms with Crippen LogP contribution in [0.25, 0.3) is 0 Å². The van der Waals surface area contributed by atoms with Crippen LogP contribution in [-0.4, -0.2) is 41.8 Å². The molecular formula is C9H16N2O5. The molecule has 7 heteroatoms. The first-order chi connectivity index (χ1) is 7.29. The quantitative estimate of drug-likeness (QED) is 0.565. The molecule has 92 valence electrons. The van der Waals surface area contributed by atoms with E-state index in [1.54, 1.807) is 6.92 Å². The number of carboxylic acids is 1. The van der Waals surface area contributed by atoms with Crippen molar-refractivity contribution in [3.63, 3.8) is 0 Å². The second-order valence-electron chi connectivity index (χ2n) is 3.54. The van der Waals surface area contributed by atoms with Crippen LogP contribution >= 0.6 is 0 Å². The summed E-state index contributed by atoms with van der Waals surface area (Å²) in [6.07, 6.45) is 0. The highest BCUT2D eigenvalue weighted by molar-refractivity contribution is 5.87. The lowest BCUT2D eigenvalue weighted by atomic mass is 10.1. The van der Waals surface area contributed by atoms with Gasteiger partial charge in [-0.25, -0.2) is 9.59 Å². The Bertz CT molecular complexity index is 288. The predicted molar refractivity (Wildman–Crippen MR) is 54.9 cm³/mol. The fourth-order valence-corrected chi connectivity index (χ4v) is 0.746. The first-order valence-electron chi connectivity index (χ1n) is 4.74. The van der Waals surface area contributed by atoms with Crippen molar-refractivity contribution >= 4 is 18.0 Å². The van der Waals surface area contributed by atoms with E-state index in [1.165, 1.54) is 13.8 Å². The van der Waals surface area contributed by atoms with Crippen molar-refractivity contribution in [3.8, 4) is 0 Å². The minimum atomic E-state index is -1.39. The Morgan fingerprint density at radius 1 is 1.31 bits per heavy atom. The minimum Gasteiger partial charge on any atom is -0.480 e. The molecule has 0 bridgehead atoms. The third-order valence-electron chi connectivity index (χ3n) is 1.66. The molecule has 0 rings (SSSR count). The molecule has 0 atom stereocenters. The summed E-state index contributed by atoms with van der Waals surface area (Å²) in [6, 6.07) is -0.736.